The maximum Gasteiger partial charge on any atom is 0.410 e. The van der Waals surface area contributed by atoms with Crippen LogP contribution in [0.3, 0.4) is 0 Å². The summed E-state index contributed by atoms with van der Waals surface area (Å²) in [6.45, 7) is 10.1. The third-order valence-corrected chi connectivity index (χ3v) is 5.99. The molecule has 1 saturated heterocycles. The minimum Gasteiger partial charge on any atom is -0.444 e. The van der Waals surface area contributed by atoms with Gasteiger partial charge in [0.1, 0.15) is 5.60 Å². The number of benzene rings is 1. The van der Waals surface area contributed by atoms with Crippen molar-refractivity contribution >= 4 is 16.2 Å². The third kappa shape index (κ3) is 5.20. The van der Waals surface area contributed by atoms with Crippen LogP contribution in [0.25, 0.3) is 0 Å². The molecule has 0 saturated carbocycles. The first-order valence-corrected chi connectivity index (χ1v) is 10.4. The minimum atomic E-state index is -3.85. The first-order valence-electron chi connectivity index (χ1n) is 8.97. The number of rotatable bonds is 4. The van der Waals surface area contributed by atoms with E-state index in [2.05, 4.69) is 0 Å². The molecule has 146 valence electrons. The van der Waals surface area contributed by atoms with Crippen molar-refractivity contribution in [3.05, 3.63) is 29.8 Å². The van der Waals surface area contributed by atoms with Crippen LogP contribution in [0.5, 0.6) is 0 Å². The summed E-state index contributed by atoms with van der Waals surface area (Å²) in [5, 5.41) is 0. The van der Waals surface area contributed by atoms with E-state index in [0.717, 1.165) is 5.56 Å². The van der Waals surface area contributed by atoms with Crippen LogP contribution >= 0.6 is 0 Å². The average Bonchev–Trinajstić information content (AvgIpc) is 2.54. The van der Waals surface area contributed by atoms with Crippen molar-refractivity contribution in [3.63, 3.8) is 0 Å². The van der Waals surface area contributed by atoms with E-state index >= 15 is 0 Å². The topological polar surface area (TPSA) is 72.9 Å². The quantitative estimate of drug-likeness (QED) is 0.738. The number of aryl methyl sites for hydroxylation is 1. The second-order valence-electron chi connectivity index (χ2n) is 7.85. The van der Waals surface area contributed by atoms with E-state index in [1.807, 2.05) is 34.6 Å². The fourth-order valence-corrected chi connectivity index (χ4v) is 4.22. The number of hydrogen-bond acceptors (Lipinski definition) is 5. The van der Waals surface area contributed by atoms with Gasteiger partial charge in [-0.25, -0.2) is 4.79 Å². The monoisotopic (exact) mass is 383 g/mol. The maximum atomic E-state index is 12.7. The average molecular weight is 384 g/mol. The molecular weight excluding hydrogens is 354 g/mol. The van der Waals surface area contributed by atoms with E-state index in [1.54, 1.807) is 29.2 Å². The highest BCUT2D eigenvalue weighted by Gasteiger charge is 2.40. The number of carbonyl (C=O) groups excluding carboxylic acids is 1. The molecule has 0 atom stereocenters. The lowest BCUT2D eigenvalue weighted by atomic mass is 9.89. The molecule has 0 unspecified atom stereocenters. The molecule has 0 aromatic heterocycles. The van der Waals surface area contributed by atoms with Crippen LogP contribution in [0.4, 0.5) is 4.79 Å². The molecule has 0 radical (unpaired) electrons. The third-order valence-electron chi connectivity index (χ3n) is 4.57. The number of piperidine rings is 1. The van der Waals surface area contributed by atoms with Crippen LogP contribution in [-0.4, -0.2) is 43.7 Å². The number of hydrogen-bond donors (Lipinski definition) is 0. The highest BCUT2D eigenvalue weighted by molar-refractivity contribution is 7.86. The van der Waals surface area contributed by atoms with Crippen molar-refractivity contribution in [3.8, 4) is 0 Å². The minimum absolute atomic E-state index is 0.158. The standard InChI is InChI=1S/C19H29NO5S/c1-6-19(25-26(22,23)16-9-7-15(2)8-10-16)11-13-20(14-12-19)17(21)24-18(3,4)5/h7-10H,6,11-14H2,1-5H3. The molecule has 1 heterocycles. The van der Waals surface area contributed by atoms with Gasteiger partial charge in [0, 0.05) is 13.1 Å². The number of likely N-dealkylation sites (tertiary alicyclic amines) is 1. The van der Waals surface area contributed by atoms with Gasteiger partial charge in [-0.3, -0.25) is 4.18 Å². The molecule has 1 aromatic carbocycles. The van der Waals surface area contributed by atoms with Gasteiger partial charge in [0.05, 0.1) is 10.5 Å². The van der Waals surface area contributed by atoms with E-state index in [9.17, 15) is 13.2 Å². The highest BCUT2D eigenvalue weighted by Crippen LogP contribution is 2.34. The lowest BCUT2D eigenvalue weighted by Gasteiger charge is -2.40. The zero-order valence-electron chi connectivity index (χ0n) is 16.2. The van der Waals surface area contributed by atoms with Crippen LogP contribution in [0.1, 0.15) is 52.5 Å². The SMILES string of the molecule is CCC1(OS(=O)(=O)c2ccc(C)cc2)CCN(C(=O)OC(C)(C)C)CC1. The van der Waals surface area contributed by atoms with Crippen molar-refractivity contribution in [2.45, 2.75) is 70.0 Å². The van der Waals surface area contributed by atoms with Gasteiger partial charge in [0.15, 0.2) is 0 Å². The number of ether oxygens (including phenoxy) is 1. The van der Waals surface area contributed by atoms with E-state index < -0.39 is 21.3 Å². The van der Waals surface area contributed by atoms with Crippen LogP contribution in [0.2, 0.25) is 0 Å². The second kappa shape index (κ2) is 7.56. The molecule has 2 rings (SSSR count). The van der Waals surface area contributed by atoms with Gasteiger partial charge in [0.2, 0.25) is 0 Å². The van der Waals surface area contributed by atoms with E-state index in [-0.39, 0.29) is 11.0 Å². The molecule has 1 aromatic rings. The Hall–Kier alpha value is -1.60. The largest absolute Gasteiger partial charge is 0.444 e. The zero-order chi connectivity index (χ0) is 19.6. The van der Waals surface area contributed by atoms with Gasteiger partial charge < -0.3 is 9.64 Å². The Morgan fingerprint density at radius 1 is 1.15 bits per heavy atom. The lowest BCUT2D eigenvalue weighted by Crippen LogP contribution is -2.49. The molecule has 7 heteroatoms. The van der Waals surface area contributed by atoms with E-state index in [1.165, 1.54) is 0 Å². The second-order valence-corrected chi connectivity index (χ2v) is 9.40. The summed E-state index contributed by atoms with van der Waals surface area (Å²) in [4.78, 5) is 14.0. The Balaban J connectivity index is 2.07. The van der Waals surface area contributed by atoms with Gasteiger partial charge in [-0.1, -0.05) is 24.6 Å². The normalized spacial score (nSPS) is 17.8. The summed E-state index contributed by atoms with van der Waals surface area (Å²) in [5.74, 6) is 0. The number of amides is 1. The maximum absolute atomic E-state index is 12.7. The summed E-state index contributed by atoms with van der Waals surface area (Å²) in [6.07, 6.45) is 1.09. The molecule has 1 fully saturated rings. The van der Waals surface area contributed by atoms with Gasteiger partial charge in [0.25, 0.3) is 10.1 Å². The first-order chi connectivity index (χ1) is 12.0. The summed E-state index contributed by atoms with van der Waals surface area (Å²) >= 11 is 0. The predicted molar refractivity (Wildman–Crippen MR) is 99.5 cm³/mol. The zero-order valence-corrected chi connectivity index (χ0v) is 17.1. The molecule has 0 aliphatic carbocycles. The van der Waals surface area contributed by atoms with E-state index in [4.69, 9.17) is 8.92 Å². The molecule has 1 aliphatic rings. The Morgan fingerprint density at radius 2 is 1.69 bits per heavy atom. The number of carbonyl (C=O) groups is 1. The molecule has 6 nitrogen and oxygen atoms in total. The molecule has 0 bridgehead atoms. The lowest BCUT2D eigenvalue weighted by molar-refractivity contribution is -0.0163. The van der Waals surface area contributed by atoms with Crippen molar-refractivity contribution < 1.29 is 22.1 Å². The smallest absolute Gasteiger partial charge is 0.410 e. The summed E-state index contributed by atoms with van der Waals surface area (Å²) in [6, 6.07) is 6.62. The molecular formula is C19H29NO5S. The Bertz CT molecular complexity index is 726. The van der Waals surface area contributed by atoms with Crippen molar-refractivity contribution in [2.24, 2.45) is 0 Å². The van der Waals surface area contributed by atoms with Gasteiger partial charge >= 0.3 is 6.09 Å². The molecule has 1 amide bonds. The van der Waals surface area contributed by atoms with Crippen molar-refractivity contribution in [1.29, 1.82) is 0 Å². The van der Waals surface area contributed by atoms with E-state index in [0.29, 0.717) is 32.4 Å². The van der Waals surface area contributed by atoms with Crippen molar-refractivity contribution in [1.82, 2.24) is 4.90 Å². The fraction of sp³-hybridized carbons (Fsp3) is 0.632. The summed E-state index contributed by atoms with van der Waals surface area (Å²) in [5.41, 5.74) is -0.357. The van der Waals surface area contributed by atoms with Crippen LogP contribution < -0.4 is 0 Å². The van der Waals surface area contributed by atoms with Crippen LogP contribution in [-0.2, 0) is 19.0 Å². The Labute approximate surface area is 156 Å². The molecule has 0 N–H and O–H groups in total. The molecule has 0 spiro atoms. The molecule has 1 aliphatic heterocycles. The van der Waals surface area contributed by atoms with Gasteiger partial charge in [-0.15, -0.1) is 0 Å². The van der Waals surface area contributed by atoms with Crippen LogP contribution in [0.15, 0.2) is 29.2 Å². The van der Waals surface area contributed by atoms with Crippen molar-refractivity contribution in [2.75, 3.05) is 13.1 Å². The Morgan fingerprint density at radius 3 is 2.15 bits per heavy atom. The first kappa shape index (κ1) is 20.7. The summed E-state index contributed by atoms with van der Waals surface area (Å²) in [7, 11) is -3.85. The molecule has 26 heavy (non-hydrogen) atoms. The summed E-state index contributed by atoms with van der Waals surface area (Å²) < 4.78 is 36.4. The highest BCUT2D eigenvalue weighted by atomic mass is 32.2. The van der Waals surface area contributed by atoms with Gasteiger partial charge in [-0.2, -0.15) is 8.42 Å². The van der Waals surface area contributed by atoms with Crippen LogP contribution in [0, 0.1) is 6.92 Å². The predicted octanol–water partition coefficient (Wildman–Crippen LogP) is 3.88. The number of nitrogens with zero attached hydrogens (tertiary/aromatic N) is 1. The Kier molecular flexibility index (Phi) is 6.02. The fourth-order valence-electron chi connectivity index (χ4n) is 2.90. The van der Waals surface area contributed by atoms with Gasteiger partial charge in [-0.05, 0) is 59.1 Å².